The summed E-state index contributed by atoms with van der Waals surface area (Å²) < 4.78 is 25.6. The molecule has 0 spiro atoms. The number of aliphatic hydroxyl groups excluding tert-OH is 1. The maximum atomic E-state index is 14.0. The summed E-state index contributed by atoms with van der Waals surface area (Å²) in [6.07, 6.45) is -0.981. The monoisotopic (exact) mass is 403 g/mol. The number of hydrogen-bond acceptors (Lipinski definition) is 6. The van der Waals surface area contributed by atoms with E-state index in [0.717, 1.165) is 0 Å². The quantitative estimate of drug-likeness (QED) is 0.654. The summed E-state index contributed by atoms with van der Waals surface area (Å²) >= 11 is 6.11. The van der Waals surface area contributed by atoms with Crippen molar-refractivity contribution < 1.29 is 23.8 Å². The minimum atomic E-state index is -0.581. The maximum Gasteiger partial charge on any atom is 0.231 e. The van der Waals surface area contributed by atoms with E-state index in [0.29, 0.717) is 30.9 Å². The van der Waals surface area contributed by atoms with Gasteiger partial charge in [0, 0.05) is 36.4 Å². The third kappa shape index (κ3) is 4.96. The molecule has 1 heterocycles. The van der Waals surface area contributed by atoms with Gasteiger partial charge in [-0.1, -0.05) is 11.6 Å². The predicted octanol–water partition coefficient (Wildman–Crippen LogP) is 1.82. The lowest BCUT2D eigenvalue weighted by molar-refractivity contribution is -0.155. The molecule has 3 unspecified atom stereocenters. The van der Waals surface area contributed by atoms with E-state index in [2.05, 4.69) is 0 Å². The number of hydrogen-bond donors (Lipinski definition) is 2. The second kappa shape index (κ2) is 9.77. The number of ether oxygens (including phenoxy) is 2. The highest BCUT2D eigenvalue weighted by molar-refractivity contribution is 6.31. The minimum Gasteiger partial charge on any atom is -0.392 e. The molecule has 1 aliphatic heterocycles. The Kier molecular flexibility index (Phi) is 7.96. The highest BCUT2D eigenvalue weighted by Crippen LogP contribution is 2.35. The third-order valence-electron chi connectivity index (χ3n) is 4.62. The molecule has 1 amide bonds. The van der Waals surface area contributed by atoms with Gasteiger partial charge in [0.25, 0.3) is 0 Å². The molecule has 27 heavy (non-hydrogen) atoms. The van der Waals surface area contributed by atoms with Crippen LogP contribution in [0.15, 0.2) is 12.1 Å². The second-order valence-electron chi connectivity index (χ2n) is 6.32. The van der Waals surface area contributed by atoms with Crippen molar-refractivity contribution in [1.82, 2.24) is 9.80 Å². The van der Waals surface area contributed by atoms with Crippen LogP contribution in [-0.4, -0.2) is 59.7 Å². The number of nitrogens with zero attached hydrogens (tertiary/aromatic N) is 2. The van der Waals surface area contributed by atoms with Crippen molar-refractivity contribution in [2.45, 2.75) is 46.0 Å². The van der Waals surface area contributed by atoms with E-state index >= 15 is 0 Å². The Morgan fingerprint density at radius 1 is 1.41 bits per heavy atom. The Balaban J connectivity index is 2.41. The fraction of sp³-hybridized carbons (Fsp3) is 0.611. The van der Waals surface area contributed by atoms with Gasteiger partial charge in [0.15, 0.2) is 6.35 Å². The molecule has 0 radical (unpaired) electrons. The van der Waals surface area contributed by atoms with Gasteiger partial charge >= 0.3 is 0 Å². The molecule has 1 aromatic carbocycles. The summed E-state index contributed by atoms with van der Waals surface area (Å²) in [6, 6.07) is 2.19. The summed E-state index contributed by atoms with van der Waals surface area (Å²) in [6.45, 7) is 6.51. The first-order valence-corrected chi connectivity index (χ1v) is 9.33. The van der Waals surface area contributed by atoms with Crippen molar-refractivity contribution in [2.24, 2.45) is 5.73 Å². The largest absolute Gasteiger partial charge is 0.392 e. The SMILES string of the molecule is CCOC1CN(C(C)c2cc(F)cc(Cl)c2CO)C(OCC)N1CC(N)=O. The van der Waals surface area contributed by atoms with E-state index in [1.165, 1.54) is 12.1 Å². The van der Waals surface area contributed by atoms with E-state index < -0.39 is 24.3 Å². The van der Waals surface area contributed by atoms with Gasteiger partial charge in [-0.3, -0.25) is 9.69 Å². The van der Waals surface area contributed by atoms with Crippen LogP contribution in [0.3, 0.4) is 0 Å². The van der Waals surface area contributed by atoms with Crippen molar-refractivity contribution in [1.29, 1.82) is 0 Å². The average molecular weight is 404 g/mol. The Morgan fingerprint density at radius 3 is 2.63 bits per heavy atom. The molecule has 0 aliphatic carbocycles. The van der Waals surface area contributed by atoms with Crippen molar-refractivity contribution in [3.63, 3.8) is 0 Å². The second-order valence-corrected chi connectivity index (χ2v) is 6.72. The zero-order valence-electron chi connectivity index (χ0n) is 15.8. The van der Waals surface area contributed by atoms with E-state index in [1.807, 2.05) is 25.7 Å². The number of carbonyl (C=O) groups is 1. The summed E-state index contributed by atoms with van der Waals surface area (Å²) in [7, 11) is 0. The van der Waals surface area contributed by atoms with Gasteiger partial charge in [0.2, 0.25) is 5.91 Å². The molecule has 0 aromatic heterocycles. The first kappa shape index (κ1) is 22.0. The van der Waals surface area contributed by atoms with Crippen molar-refractivity contribution in [3.8, 4) is 0 Å². The minimum absolute atomic E-state index is 0.0324. The summed E-state index contributed by atoms with van der Waals surface area (Å²) in [5.74, 6) is -0.981. The highest BCUT2D eigenvalue weighted by Gasteiger charge is 2.44. The van der Waals surface area contributed by atoms with Crippen molar-refractivity contribution in [3.05, 3.63) is 34.1 Å². The van der Waals surface area contributed by atoms with E-state index in [4.69, 9.17) is 26.8 Å². The van der Waals surface area contributed by atoms with E-state index in [-0.39, 0.29) is 24.2 Å². The molecule has 152 valence electrons. The zero-order valence-corrected chi connectivity index (χ0v) is 16.6. The molecule has 0 bridgehead atoms. The first-order valence-electron chi connectivity index (χ1n) is 8.95. The molecule has 1 saturated heterocycles. The number of aliphatic hydroxyl groups is 1. The van der Waals surface area contributed by atoms with Gasteiger partial charge in [0.1, 0.15) is 12.0 Å². The van der Waals surface area contributed by atoms with E-state index in [9.17, 15) is 14.3 Å². The van der Waals surface area contributed by atoms with E-state index in [1.54, 1.807) is 4.90 Å². The molecule has 2 rings (SSSR count). The summed E-state index contributed by atoms with van der Waals surface area (Å²) in [4.78, 5) is 15.2. The van der Waals surface area contributed by atoms with Crippen molar-refractivity contribution in [2.75, 3.05) is 26.3 Å². The maximum absolute atomic E-state index is 14.0. The number of amides is 1. The predicted molar refractivity (Wildman–Crippen MR) is 99.2 cm³/mol. The topological polar surface area (TPSA) is 88.3 Å². The molecule has 7 nitrogen and oxygen atoms in total. The number of benzene rings is 1. The Morgan fingerprint density at radius 2 is 2.07 bits per heavy atom. The number of primary amides is 1. The molecule has 0 saturated carbocycles. The molecule has 3 atom stereocenters. The van der Waals surface area contributed by atoms with Crippen LogP contribution in [0.2, 0.25) is 5.02 Å². The molecular weight excluding hydrogens is 377 g/mol. The third-order valence-corrected chi connectivity index (χ3v) is 4.96. The smallest absolute Gasteiger partial charge is 0.231 e. The lowest BCUT2D eigenvalue weighted by Gasteiger charge is -2.34. The lowest BCUT2D eigenvalue weighted by Crippen LogP contribution is -2.47. The normalized spacial score (nSPS) is 22.3. The van der Waals surface area contributed by atoms with Crippen LogP contribution < -0.4 is 5.73 Å². The van der Waals surface area contributed by atoms with Crippen LogP contribution in [0.4, 0.5) is 4.39 Å². The number of rotatable bonds is 9. The van der Waals surface area contributed by atoms with Gasteiger partial charge in [-0.05, 0) is 38.5 Å². The van der Waals surface area contributed by atoms with Gasteiger partial charge < -0.3 is 20.3 Å². The molecule has 1 fully saturated rings. The molecular formula is C18H27ClFN3O4. The Labute approximate surface area is 163 Å². The Hall–Kier alpha value is -1.29. The van der Waals surface area contributed by atoms with Gasteiger partial charge in [0.05, 0.1) is 13.2 Å². The van der Waals surface area contributed by atoms with Crippen LogP contribution in [-0.2, 0) is 20.9 Å². The standard InChI is InChI=1S/C18H27ClFN3O4/c1-4-26-17-9-22(18(27-5-2)23(17)8-16(21)25)11(3)13-6-12(20)7-15(19)14(13)10-24/h6-7,11,17-18,24H,4-5,8-10H2,1-3H3,(H2,21,25). The molecule has 1 aliphatic rings. The Bertz CT molecular complexity index is 664. The highest BCUT2D eigenvalue weighted by atomic mass is 35.5. The van der Waals surface area contributed by atoms with Gasteiger partial charge in [-0.15, -0.1) is 0 Å². The van der Waals surface area contributed by atoms with Gasteiger partial charge in [-0.2, -0.15) is 0 Å². The summed E-state index contributed by atoms with van der Waals surface area (Å²) in [5, 5.41) is 9.87. The fourth-order valence-electron chi connectivity index (χ4n) is 3.44. The van der Waals surface area contributed by atoms with Crippen molar-refractivity contribution >= 4 is 17.5 Å². The summed E-state index contributed by atoms with van der Waals surface area (Å²) in [5.41, 5.74) is 6.42. The number of halogens is 2. The van der Waals surface area contributed by atoms with Crippen LogP contribution in [0.25, 0.3) is 0 Å². The van der Waals surface area contributed by atoms with Crippen LogP contribution in [0.5, 0.6) is 0 Å². The number of nitrogens with two attached hydrogens (primary N) is 1. The van der Waals surface area contributed by atoms with Crippen LogP contribution >= 0.6 is 11.6 Å². The fourth-order valence-corrected chi connectivity index (χ4v) is 3.71. The zero-order chi connectivity index (χ0) is 20.1. The van der Waals surface area contributed by atoms with Crippen LogP contribution in [0.1, 0.15) is 37.9 Å². The molecule has 1 aromatic rings. The molecule has 9 heteroatoms. The first-order chi connectivity index (χ1) is 12.8. The molecule has 3 N–H and O–H groups in total. The van der Waals surface area contributed by atoms with Crippen LogP contribution in [0, 0.1) is 5.82 Å². The average Bonchev–Trinajstić information content (AvgIpc) is 2.91. The lowest BCUT2D eigenvalue weighted by atomic mass is 10.0. The van der Waals surface area contributed by atoms with Gasteiger partial charge in [-0.25, -0.2) is 9.29 Å². The number of carbonyl (C=O) groups excluding carboxylic acids is 1.